The van der Waals surface area contributed by atoms with E-state index in [9.17, 15) is 9.59 Å². The monoisotopic (exact) mass is 403 g/mol. The molecule has 154 valence electrons. The Bertz CT molecular complexity index is 1220. The zero-order valence-electron chi connectivity index (χ0n) is 17.6. The van der Waals surface area contributed by atoms with E-state index in [0.717, 1.165) is 27.6 Å². The zero-order valence-corrected chi connectivity index (χ0v) is 17.6. The number of nitrogens with zero attached hydrogens (tertiary/aromatic N) is 1. The van der Waals surface area contributed by atoms with Gasteiger partial charge in [-0.1, -0.05) is 36.4 Å². The van der Waals surface area contributed by atoms with Crippen LogP contribution in [0.5, 0.6) is 0 Å². The molecule has 1 unspecified atom stereocenters. The molecule has 1 aromatic heterocycles. The van der Waals surface area contributed by atoms with Gasteiger partial charge in [0, 0.05) is 24.4 Å². The van der Waals surface area contributed by atoms with E-state index in [1.54, 1.807) is 20.2 Å². The van der Waals surface area contributed by atoms with Gasteiger partial charge in [0.2, 0.25) is 0 Å². The summed E-state index contributed by atoms with van der Waals surface area (Å²) in [5.41, 5.74) is 2.90. The summed E-state index contributed by atoms with van der Waals surface area (Å²) in [7, 11) is 1.67. The molecule has 0 fully saturated rings. The van der Waals surface area contributed by atoms with Crippen LogP contribution in [0.15, 0.2) is 59.6 Å². The molecule has 0 saturated carbocycles. The number of pyridine rings is 1. The van der Waals surface area contributed by atoms with Gasteiger partial charge in [-0.3, -0.25) is 20.0 Å². The van der Waals surface area contributed by atoms with E-state index < -0.39 is 11.8 Å². The highest BCUT2D eigenvalue weighted by atomic mass is 16.5. The predicted octanol–water partition coefficient (Wildman–Crippen LogP) is 4.59. The number of fused-ring (bicyclic) bond motifs is 1. The summed E-state index contributed by atoms with van der Waals surface area (Å²) in [5.74, 6) is 0.439. The number of benzene rings is 2. The largest absolute Gasteiger partial charge is 0.476 e. The number of aryl methyl sites for hydroxylation is 2. The normalized spacial score (nSPS) is 17.7. The molecular weight excluding hydrogens is 378 g/mol. The van der Waals surface area contributed by atoms with Gasteiger partial charge in [-0.25, -0.2) is 4.79 Å². The second-order valence-corrected chi connectivity index (χ2v) is 7.94. The van der Waals surface area contributed by atoms with Crippen molar-refractivity contribution in [2.75, 3.05) is 5.32 Å². The van der Waals surface area contributed by atoms with Crippen molar-refractivity contribution in [1.82, 2.24) is 9.88 Å². The molecule has 1 atom stereocenters. The molecule has 6 heteroatoms. The van der Waals surface area contributed by atoms with Gasteiger partial charge in [0.15, 0.2) is 5.72 Å². The Morgan fingerprint density at radius 2 is 1.77 bits per heavy atom. The fraction of sp³-hybridized carbons (Fsp3) is 0.250. The van der Waals surface area contributed by atoms with Crippen LogP contribution in [0.1, 0.15) is 24.5 Å². The highest BCUT2D eigenvalue weighted by Crippen LogP contribution is 2.35. The average Bonchev–Trinajstić information content (AvgIpc) is 3.14. The van der Waals surface area contributed by atoms with E-state index in [1.807, 2.05) is 62.4 Å². The van der Waals surface area contributed by atoms with Crippen LogP contribution in [0.4, 0.5) is 10.6 Å². The van der Waals surface area contributed by atoms with Crippen LogP contribution in [0.25, 0.3) is 21.9 Å². The number of carbonyl (C=O) groups excluding carboxylic acids is 1. The molecule has 4 rings (SSSR count). The molecule has 2 aromatic carbocycles. The standard InChI is InChI=1S/C24H25N3O3/c1-15-13-18-19(14-16(15)2)22(28)27(4)21(20(18)17-9-6-5-7-10-17)25-23(29)26-24(3)11-8-12-30-24/h5-10,12-14H,11H2,1-4H3,(H2,25,26,29). The zero-order chi connectivity index (χ0) is 21.5. The second-order valence-electron chi connectivity index (χ2n) is 7.94. The maximum Gasteiger partial charge on any atom is 0.323 e. The van der Waals surface area contributed by atoms with Crippen molar-refractivity contribution in [3.8, 4) is 11.1 Å². The minimum atomic E-state index is -0.805. The third kappa shape index (κ3) is 3.45. The molecule has 30 heavy (non-hydrogen) atoms. The van der Waals surface area contributed by atoms with Crippen LogP contribution in [0.3, 0.4) is 0 Å². The Morgan fingerprint density at radius 3 is 2.40 bits per heavy atom. The van der Waals surface area contributed by atoms with Gasteiger partial charge in [0.05, 0.1) is 6.26 Å². The van der Waals surface area contributed by atoms with Gasteiger partial charge >= 0.3 is 6.03 Å². The van der Waals surface area contributed by atoms with Gasteiger partial charge < -0.3 is 4.74 Å². The summed E-state index contributed by atoms with van der Waals surface area (Å²) in [6.45, 7) is 5.81. The maximum absolute atomic E-state index is 13.1. The number of urea groups is 1. The topological polar surface area (TPSA) is 72.4 Å². The molecular formula is C24H25N3O3. The number of ether oxygens (including phenoxy) is 1. The molecule has 0 aliphatic carbocycles. The molecule has 2 N–H and O–H groups in total. The molecule has 2 heterocycles. The first kappa shape index (κ1) is 19.8. The Morgan fingerprint density at radius 1 is 1.10 bits per heavy atom. The summed E-state index contributed by atoms with van der Waals surface area (Å²) < 4.78 is 6.99. The average molecular weight is 403 g/mol. The number of hydrogen-bond acceptors (Lipinski definition) is 3. The predicted molar refractivity (Wildman–Crippen MR) is 120 cm³/mol. The first-order valence-corrected chi connectivity index (χ1v) is 9.90. The molecule has 0 spiro atoms. The Labute approximate surface area is 175 Å². The Hall–Kier alpha value is -3.54. The van der Waals surface area contributed by atoms with Crippen molar-refractivity contribution in [3.05, 3.63) is 76.3 Å². The molecule has 3 aromatic rings. The van der Waals surface area contributed by atoms with E-state index in [1.165, 1.54) is 4.57 Å². The smallest absolute Gasteiger partial charge is 0.323 e. The summed E-state index contributed by atoms with van der Waals surface area (Å²) >= 11 is 0. The van der Waals surface area contributed by atoms with Crippen molar-refractivity contribution >= 4 is 22.6 Å². The lowest BCUT2D eigenvalue weighted by molar-refractivity contribution is 0.0417. The van der Waals surface area contributed by atoms with E-state index in [0.29, 0.717) is 17.6 Å². The Kier molecular flexibility index (Phi) is 4.86. The van der Waals surface area contributed by atoms with Crippen LogP contribution >= 0.6 is 0 Å². The molecule has 6 nitrogen and oxygen atoms in total. The van der Waals surface area contributed by atoms with Crippen molar-refractivity contribution in [2.24, 2.45) is 7.05 Å². The van der Waals surface area contributed by atoms with Gasteiger partial charge in [-0.15, -0.1) is 0 Å². The number of anilines is 1. The molecule has 0 saturated heterocycles. The summed E-state index contributed by atoms with van der Waals surface area (Å²) in [5, 5.41) is 7.19. The highest BCUT2D eigenvalue weighted by Gasteiger charge is 2.30. The van der Waals surface area contributed by atoms with Gasteiger partial charge in [0.25, 0.3) is 5.56 Å². The first-order valence-electron chi connectivity index (χ1n) is 9.90. The van der Waals surface area contributed by atoms with Crippen LogP contribution in [-0.4, -0.2) is 16.3 Å². The van der Waals surface area contributed by atoms with Crippen molar-refractivity contribution in [3.63, 3.8) is 0 Å². The third-order valence-electron chi connectivity index (χ3n) is 5.61. The van der Waals surface area contributed by atoms with Gasteiger partial charge in [-0.2, -0.15) is 0 Å². The molecule has 0 bridgehead atoms. The number of aromatic nitrogens is 1. The SMILES string of the molecule is Cc1cc2c(-c3ccccc3)c(NC(=O)NC3(C)CC=CO3)n(C)c(=O)c2cc1C. The number of rotatable bonds is 3. The summed E-state index contributed by atoms with van der Waals surface area (Å²) in [6, 6.07) is 13.3. The first-order chi connectivity index (χ1) is 14.3. The van der Waals surface area contributed by atoms with Crippen molar-refractivity contribution in [1.29, 1.82) is 0 Å². The third-order valence-corrected chi connectivity index (χ3v) is 5.61. The quantitative estimate of drug-likeness (QED) is 0.672. The highest BCUT2D eigenvalue weighted by molar-refractivity contribution is 6.05. The minimum Gasteiger partial charge on any atom is -0.476 e. The van der Waals surface area contributed by atoms with Crippen LogP contribution in [0, 0.1) is 13.8 Å². The fourth-order valence-electron chi connectivity index (χ4n) is 3.80. The number of hydrogen-bond donors (Lipinski definition) is 2. The lowest BCUT2D eigenvalue weighted by Gasteiger charge is -2.26. The fourth-order valence-corrected chi connectivity index (χ4v) is 3.80. The Balaban J connectivity index is 1.90. The van der Waals surface area contributed by atoms with Gasteiger partial charge in [0.1, 0.15) is 5.82 Å². The molecule has 1 aliphatic rings. The summed E-state index contributed by atoms with van der Waals surface area (Å²) in [4.78, 5) is 26.0. The number of amides is 2. The van der Waals surface area contributed by atoms with Crippen molar-refractivity contribution < 1.29 is 9.53 Å². The summed E-state index contributed by atoms with van der Waals surface area (Å²) in [6.07, 6.45) is 4.00. The van der Waals surface area contributed by atoms with Crippen LogP contribution in [-0.2, 0) is 11.8 Å². The molecule has 1 aliphatic heterocycles. The minimum absolute atomic E-state index is 0.159. The maximum atomic E-state index is 13.1. The number of nitrogens with one attached hydrogen (secondary N) is 2. The molecule has 2 amide bonds. The van der Waals surface area contributed by atoms with E-state index in [2.05, 4.69) is 10.6 Å². The van der Waals surface area contributed by atoms with Gasteiger partial charge in [-0.05, 0) is 55.0 Å². The second kappa shape index (κ2) is 7.37. The lowest BCUT2D eigenvalue weighted by atomic mass is 9.95. The number of carbonyl (C=O) groups is 1. The molecule has 0 radical (unpaired) electrons. The van der Waals surface area contributed by atoms with E-state index >= 15 is 0 Å². The van der Waals surface area contributed by atoms with Crippen LogP contribution < -0.4 is 16.2 Å². The van der Waals surface area contributed by atoms with Crippen LogP contribution in [0.2, 0.25) is 0 Å². The lowest BCUT2D eigenvalue weighted by Crippen LogP contribution is -2.47. The van der Waals surface area contributed by atoms with E-state index in [-0.39, 0.29) is 5.56 Å². The van der Waals surface area contributed by atoms with Crippen molar-refractivity contribution in [2.45, 2.75) is 32.9 Å². The van der Waals surface area contributed by atoms with E-state index in [4.69, 9.17) is 4.74 Å².